The Morgan fingerprint density at radius 3 is 2.54 bits per heavy atom. The Morgan fingerprint density at radius 2 is 1.96 bits per heavy atom. The molecule has 0 radical (unpaired) electrons. The number of hydrogen-bond donors (Lipinski definition) is 6. The van der Waals surface area contributed by atoms with Crippen LogP contribution in [0.15, 0.2) is 12.5 Å². The first kappa shape index (κ1) is 23.4. The van der Waals surface area contributed by atoms with Gasteiger partial charge in [-0.25, -0.2) is 4.98 Å². The summed E-state index contributed by atoms with van der Waals surface area (Å²) in [5, 5.41) is 16.0. The Hall–Kier alpha value is -2.60. The molecule has 0 fully saturated rings. The van der Waals surface area contributed by atoms with E-state index in [0.717, 1.165) is 0 Å². The van der Waals surface area contributed by atoms with E-state index in [1.54, 1.807) is 11.8 Å². The van der Waals surface area contributed by atoms with E-state index in [0.29, 0.717) is 17.9 Å². The number of aromatic amines is 1. The lowest BCUT2D eigenvalue weighted by molar-refractivity contribution is -0.138. The summed E-state index contributed by atoms with van der Waals surface area (Å²) < 4.78 is 0. The molecule has 12 heteroatoms. The molecule has 3 amide bonds. The monoisotopic (exact) mass is 414 g/mol. The number of nitrogens with zero attached hydrogens (tertiary/aromatic N) is 1. The van der Waals surface area contributed by atoms with Gasteiger partial charge in [-0.05, 0) is 25.4 Å². The number of H-pyrrole nitrogens is 1. The molecule has 11 nitrogen and oxygen atoms in total. The third kappa shape index (κ3) is 8.39. The number of carbonyl (C=O) groups excluding carboxylic acids is 3. The first-order valence-electron chi connectivity index (χ1n) is 8.56. The number of nitrogens with one attached hydrogen (secondary N) is 4. The van der Waals surface area contributed by atoms with Gasteiger partial charge in [0.15, 0.2) is 0 Å². The normalized spacial score (nSPS) is 13.8. The molecule has 0 bridgehead atoms. The van der Waals surface area contributed by atoms with Crippen LogP contribution >= 0.6 is 11.8 Å². The van der Waals surface area contributed by atoms with Gasteiger partial charge in [-0.2, -0.15) is 11.8 Å². The lowest BCUT2D eigenvalue weighted by Crippen LogP contribution is -2.55. The largest absolute Gasteiger partial charge is 0.480 e. The van der Waals surface area contributed by atoms with Crippen molar-refractivity contribution in [3.05, 3.63) is 18.2 Å². The fourth-order valence-corrected chi connectivity index (χ4v) is 2.66. The molecule has 0 spiro atoms. The molecular formula is C16H26N6O5S. The summed E-state index contributed by atoms with van der Waals surface area (Å²) in [4.78, 5) is 54.0. The Morgan fingerprint density at radius 1 is 1.25 bits per heavy atom. The van der Waals surface area contributed by atoms with Gasteiger partial charge in [0.05, 0.1) is 12.4 Å². The molecular weight excluding hydrogens is 388 g/mol. The number of imidazole rings is 1. The van der Waals surface area contributed by atoms with Crippen molar-refractivity contribution in [2.45, 2.75) is 37.9 Å². The minimum Gasteiger partial charge on any atom is -0.480 e. The highest BCUT2D eigenvalue weighted by Crippen LogP contribution is 2.01. The van der Waals surface area contributed by atoms with Crippen LogP contribution in [-0.2, 0) is 25.6 Å². The fraction of sp³-hybridized carbons (Fsp3) is 0.562. The van der Waals surface area contributed by atoms with Crippen molar-refractivity contribution in [3.8, 4) is 0 Å². The lowest BCUT2D eigenvalue weighted by atomic mass is 10.1. The number of amides is 3. The second-order valence-corrected chi connectivity index (χ2v) is 7.06. The molecule has 0 aromatic carbocycles. The second-order valence-electron chi connectivity index (χ2n) is 6.07. The van der Waals surface area contributed by atoms with Crippen molar-refractivity contribution < 1.29 is 24.3 Å². The zero-order valence-electron chi connectivity index (χ0n) is 15.7. The van der Waals surface area contributed by atoms with Crippen LogP contribution in [-0.4, -0.2) is 75.4 Å². The van der Waals surface area contributed by atoms with Gasteiger partial charge in [0.2, 0.25) is 17.7 Å². The molecule has 0 saturated carbocycles. The van der Waals surface area contributed by atoms with E-state index in [9.17, 15) is 19.2 Å². The quantitative estimate of drug-likeness (QED) is 0.232. The topological polar surface area (TPSA) is 179 Å². The number of carbonyl (C=O) groups is 4. The summed E-state index contributed by atoms with van der Waals surface area (Å²) in [6.45, 7) is 0.891. The number of carboxylic acids is 1. The summed E-state index contributed by atoms with van der Waals surface area (Å²) in [5.74, 6) is -2.22. The van der Waals surface area contributed by atoms with Gasteiger partial charge >= 0.3 is 5.97 Å². The Balaban J connectivity index is 2.69. The summed E-state index contributed by atoms with van der Waals surface area (Å²) in [6.07, 6.45) is 5.35. The van der Waals surface area contributed by atoms with Crippen molar-refractivity contribution in [3.63, 3.8) is 0 Å². The maximum atomic E-state index is 12.4. The average molecular weight is 414 g/mol. The third-order valence-electron chi connectivity index (χ3n) is 3.75. The number of nitrogens with two attached hydrogens (primary N) is 1. The number of aliphatic carboxylic acids is 1. The van der Waals surface area contributed by atoms with E-state index >= 15 is 0 Å². The minimum absolute atomic E-state index is 0.0745. The standard InChI is InChI=1S/C16H26N6O5S/c1-9(21-15(26)11(17)3-4-28-2)14(25)22-12(5-10-6-18-8-20-10)16(27)19-7-13(23)24/h6,8-9,11-12H,3-5,7,17H2,1-2H3,(H,18,20)(H,19,27)(H,21,26)(H,22,25)(H,23,24). The van der Waals surface area contributed by atoms with Gasteiger partial charge in [-0.3, -0.25) is 19.2 Å². The molecule has 28 heavy (non-hydrogen) atoms. The summed E-state index contributed by atoms with van der Waals surface area (Å²) in [7, 11) is 0. The maximum Gasteiger partial charge on any atom is 0.322 e. The molecule has 1 rings (SSSR count). The van der Waals surface area contributed by atoms with Crippen LogP contribution in [0.2, 0.25) is 0 Å². The average Bonchev–Trinajstić information content (AvgIpc) is 3.16. The van der Waals surface area contributed by atoms with Crippen LogP contribution in [0.5, 0.6) is 0 Å². The van der Waals surface area contributed by atoms with E-state index in [4.69, 9.17) is 10.8 Å². The molecule has 0 aliphatic carbocycles. The Kier molecular flexibility index (Phi) is 10.0. The summed E-state index contributed by atoms with van der Waals surface area (Å²) in [6, 6.07) is -2.71. The molecule has 7 N–H and O–H groups in total. The van der Waals surface area contributed by atoms with Crippen LogP contribution in [0.3, 0.4) is 0 Å². The van der Waals surface area contributed by atoms with Crippen LogP contribution < -0.4 is 21.7 Å². The highest BCUT2D eigenvalue weighted by molar-refractivity contribution is 7.98. The molecule has 0 aliphatic heterocycles. The molecule has 1 aromatic heterocycles. The van der Waals surface area contributed by atoms with Crippen LogP contribution in [0.25, 0.3) is 0 Å². The maximum absolute atomic E-state index is 12.4. The number of aromatic nitrogens is 2. The zero-order valence-corrected chi connectivity index (χ0v) is 16.5. The molecule has 156 valence electrons. The van der Waals surface area contributed by atoms with Gasteiger partial charge in [-0.1, -0.05) is 0 Å². The van der Waals surface area contributed by atoms with E-state index in [-0.39, 0.29) is 6.42 Å². The number of carboxylic acid groups (broad SMARTS) is 1. The van der Waals surface area contributed by atoms with Gasteiger partial charge in [0, 0.05) is 18.3 Å². The van der Waals surface area contributed by atoms with Crippen molar-refractivity contribution >= 4 is 35.5 Å². The molecule has 1 aromatic rings. The van der Waals surface area contributed by atoms with Crippen molar-refractivity contribution in [1.29, 1.82) is 0 Å². The van der Waals surface area contributed by atoms with Crippen LogP contribution in [0.4, 0.5) is 0 Å². The second kappa shape index (κ2) is 12.0. The molecule has 0 aliphatic rings. The van der Waals surface area contributed by atoms with Gasteiger partial charge in [0.25, 0.3) is 0 Å². The highest BCUT2D eigenvalue weighted by Gasteiger charge is 2.26. The molecule has 3 atom stereocenters. The van der Waals surface area contributed by atoms with E-state index < -0.39 is 48.4 Å². The number of rotatable bonds is 12. The minimum atomic E-state index is -1.21. The SMILES string of the molecule is CSCCC(N)C(=O)NC(C)C(=O)NC(Cc1cnc[nH]1)C(=O)NCC(=O)O. The van der Waals surface area contributed by atoms with Crippen LogP contribution in [0, 0.1) is 0 Å². The van der Waals surface area contributed by atoms with Crippen molar-refractivity contribution in [2.24, 2.45) is 5.73 Å². The molecule has 0 saturated heterocycles. The van der Waals surface area contributed by atoms with Gasteiger partial charge < -0.3 is 31.8 Å². The number of hydrogen-bond acceptors (Lipinski definition) is 7. The van der Waals surface area contributed by atoms with Crippen molar-refractivity contribution in [2.75, 3.05) is 18.6 Å². The zero-order chi connectivity index (χ0) is 21.1. The van der Waals surface area contributed by atoms with Crippen molar-refractivity contribution in [1.82, 2.24) is 25.9 Å². The number of thioether (sulfide) groups is 1. The lowest BCUT2D eigenvalue weighted by Gasteiger charge is -2.21. The smallest absolute Gasteiger partial charge is 0.322 e. The predicted octanol–water partition coefficient (Wildman–Crippen LogP) is -1.78. The highest BCUT2D eigenvalue weighted by atomic mass is 32.2. The predicted molar refractivity (Wildman–Crippen MR) is 103 cm³/mol. The first-order chi connectivity index (χ1) is 13.2. The van der Waals surface area contributed by atoms with Crippen LogP contribution in [0.1, 0.15) is 19.0 Å². The van der Waals surface area contributed by atoms with E-state index in [1.807, 2.05) is 6.26 Å². The third-order valence-corrected chi connectivity index (χ3v) is 4.39. The molecule has 3 unspecified atom stereocenters. The molecule has 1 heterocycles. The van der Waals surface area contributed by atoms with Gasteiger partial charge in [0.1, 0.15) is 18.6 Å². The van der Waals surface area contributed by atoms with Gasteiger partial charge in [-0.15, -0.1) is 0 Å². The fourth-order valence-electron chi connectivity index (χ4n) is 2.17. The van der Waals surface area contributed by atoms with E-state index in [1.165, 1.54) is 19.4 Å². The summed E-state index contributed by atoms with van der Waals surface area (Å²) in [5.41, 5.74) is 6.35. The summed E-state index contributed by atoms with van der Waals surface area (Å²) >= 11 is 1.56. The Labute approximate surface area is 166 Å². The Bertz CT molecular complexity index is 668. The van der Waals surface area contributed by atoms with E-state index in [2.05, 4.69) is 25.9 Å². The first-order valence-corrected chi connectivity index (χ1v) is 9.96.